The standard InChI is InChI=1S/C14H16ClF3N2O5S/c15-11-2-1-10(19-13(21)8-25-9-14(16,17)18)7-12(11)26(22,23)20-3-5-24-6-4-20/h1-2,7H,3-6,8-9H2,(H,19,21). The van der Waals surface area contributed by atoms with Gasteiger partial charge in [-0.25, -0.2) is 8.42 Å². The van der Waals surface area contributed by atoms with E-state index in [0.29, 0.717) is 0 Å². The number of rotatable bonds is 6. The first-order chi connectivity index (χ1) is 12.1. The summed E-state index contributed by atoms with van der Waals surface area (Å²) >= 11 is 5.97. The Morgan fingerprint density at radius 2 is 1.96 bits per heavy atom. The monoisotopic (exact) mass is 416 g/mol. The van der Waals surface area contributed by atoms with Crippen molar-refractivity contribution in [2.75, 3.05) is 44.8 Å². The van der Waals surface area contributed by atoms with E-state index in [0.717, 1.165) is 6.07 Å². The summed E-state index contributed by atoms with van der Waals surface area (Å²) in [6, 6.07) is 3.76. The van der Waals surface area contributed by atoms with Gasteiger partial charge >= 0.3 is 6.18 Å². The molecule has 1 heterocycles. The van der Waals surface area contributed by atoms with Gasteiger partial charge in [-0.05, 0) is 18.2 Å². The van der Waals surface area contributed by atoms with Crippen LogP contribution in [0.1, 0.15) is 0 Å². The minimum absolute atomic E-state index is 0.0391. The molecule has 0 bridgehead atoms. The third-order valence-corrected chi connectivity index (χ3v) is 5.68. The molecule has 1 aliphatic rings. The van der Waals surface area contributed by atoms with Gasteiger partial charge in [-0.15, -0.1) is 0 Å². The van der Waals surface area contributed by atoms with Crippen LogP contribution in [-0.2, 0) is 24.3 Å². The van der Waals surface area contributed by atoms with E-state index in [9.17, 15) is 26.4 Å². The summed E-state index contributed by atoms with van der Waals surface area (Å²) < 4.78 is 71.8. The van der Waals surface area contributed by atoms with Crippen molar-refractivity contribution in [2.45, 2.75) is 11.1 Å². The number of ether oxygens (including phenoxy) is 2. The van der Waals surface area contributed by atoms with Crippen molar-refractivity contribution >= 4 is 33.2 Å². The Bertz CT molecular complexity index is 751. The summed E-state index contributed by atoms with van der Waals surface area (Å²) in [6.45, 7) is -1.54. The number of anilines is 1. The molecule has 0 unspecified atom stereocenters. The van der Waals surface area contributed by atoms with Crippen LogP contribution in [0.2, 0.25) is 5.02 Å². The summed E-state index contributed by atoms with van der Waals surface area (Å²) in [4.78, 5) is 11.4. The zero-order valence-electron chi connectivity index (χ0n) is 13.4. The molecule has 0 radical (unpaired) electrons. The predicted octanol–water partition coefficient (Wildman–Crippen LogP) is 1.88. The molecule has 26 heavy (non-hydrogen) atoms. The Balaban J connectivity index is 2.08. The Hall–Kier alpha value is -1.40. The SMILES string of the molecule is O=C(COCC(F)(F)F)Nc1ccc(Cl)c(S(=O)(=O)N2CCOCC2)c1. The molecule has 1 fully saturated rings. The van der Waals surface area contributed by atoms with Gasteiger partial charge in [0.2, 0.25) is 15.9 Å². The number of nitrogens with one attached hydrogen (secondary N) is 1. The molecule has 1 N–H and O–H groups in total. The van der Waals surface area contributed by atoms with Crippen molar-refractivity contribution in [1.29, 1.82) is 0 Å². The third kappa shape index (κ3) is 5.81. The molecular formula is C14H16ClF3N2O5S. The number of halogens is 4. The number of hydrogen-bond donors (Lipinski definition) is 1. The number of nitrogens with zero attached hydrogens (tertiary/aromatic N) is 1. The largest absolute Gasteiger partial charge is 0.411 e. The number of amides is 1. The van der Waals surface area contributed by atoms with Crippen molar-refractivity contribution in [2.24, 2.45) is 0 Å². The van der Waals surface area contributed by atoms with Gasteiger partial charge in [-0.1, -0.05) is 11.6 Å². The predicted molar refractivity (Wildman–Crippen MR) is 86.5 cm³/mol. The number of morpholine rings is 1. The number of carbonyl (C=O) groups excluding carboxylic acids is 1. The first kappa shape index (κ1) is 20.9. The molecule has 0 aromatic heterocycles. The molecule has 146 valence electrons. The fourth-order valence-electron chi connectivity index (χ4n) is 2.16. The molecule has 0 saturated carbocycles. The normalized spacial score (nSPS) is 16.5. The molecule has 2 rings (SSSR count). The van der Waals surface area contributed by atoms with Gasteiger partial charge in [0.1, 0.15) is 18.1 Å². The van der Waals surface area contributed by atoms with Crippen molar-refractivity contribution in [3.05, 3.63) is 23.2 Å². The Morgan fingerprint density at radius 1 is 1.31 bits per heavy atom. The van der Waals surface area contributed by atoms with Gasteiger partial charge in [0.25, 0.3) is 0 Å². The van der Waals surface area contributed by atoms with Gasteiger partial charge in [0, 0.05) is 18.8 Å². The molecule has 1 aliphatic heterocycles. The van der Waals surface area contributed by atoms with Gasteiger partial charge in [0.15, 0.2) is 0 Å². The maximum atomic E-state index is 12.7. The second kappa shape index (κ2) is 8.53. The molecule has 0 spiro atoms. The van der Waals surface area contributed by atoms with E-state index < -0.39 is 35.3 Å². The Morgan fingerprint density at radius 3 is 2.58 bits per heavy atom. The van der Waals surface area contributed by atoms with E-state index in [-0.39, 0.29) is 41.9 Å². The molecule has 1 saturated heterocycles. The maximum absolute atomic E-state index is 12.7. The van der Waals surface area contributed by atoms with E-state index in [1.807, 2.05) is 0 Å². The summed E-state index contributed by atoms with van der Waals surface area (Å²) in [5.41, 5.74) is 0.0712. The fourth-order valence-corrected chi connectivity index (χ4v) is 4.07. The van der Waals surface area contributed by atoms with Crippen molar-refractivity contribution in [1.82, 2.24) is 4.31 Å². The minimum atomic E-state index is -4.54. The molecule has 12 heteroatoms. The molecule has 1 aromatic rings. The topological polar surface area (TPSA) is 84.9 Å². The van der Waals surface area contributed by atoms with Gasteiger partial charge in [-0.3, -0.25) is 4.79 Å². The molecule has 0 aliphatic carbocycles. The van der Waals surface area contributed by atoms with Crippen LogP contribution in [0, 0.1) is 0 Å². The minimum Gasteiger partial charge on any atom is -0.379 e. The highest BCUT2D eigenvalue weighted by atomic mass is 35.5. The van der Waals surface area contributed by atoms with Crippen molar-refractivity contribution in [3.8, 4) is 0 Å². The highest BCUT2D eigenvalue weighted by Gasteiger charge is 2.29. The van der Waals surface area contributed by atoms with Crippen LogP contribution in [0.15, 0.2) is 23.1 Å². The summed E-state index contributed by atoms with van der Waals surface area (Å²) in [5, 5.41) is 2.23. The van der Waals surface area contributed by atoms with Crippen LogP contribution in [0.25, 0.3) is 0 Å². The first-order valence-electron chi connectivity index (χ1n) is 7.41. The highest BCUT2D eigenvalue weighted by molar-refractivity contribution is 7.89. The van der Waals surface area contributed by atoms with Crippen molar-refractivity contribution in [3.63, 3.8) is 0 Å². The van der Waals surface area contributed by atoms with Crippen LogP contribution < -0.4 is 5.32 Å². The molecule has 0 atom stereocenters. The van der Waals surface area contributed by atoms with Gasteiger partial charge < -0.3 is 14.8 Å². The number of carbonyl (C=O) groups is 1. The third-order valence-electron chi connectivity index (χ3n) is 3.30. The Labute approximate surface area is 153 Å². The van der Waals surface area contributed by atoms with Crippen molar-refractivity contribution < 1.29 is 35.9 Å². The Kier molecular flexibility index (Phi) is 6.86. The molecular weight excluding hydrogens is 401 g/mol. The second-order valence-corrected chi connectivity index (χ2v) is 7.63. The number of benzene rings is 1. The van der Waals surface area contributed by atoms with E-state index in [4.69, 9.17) is 16.3 Å². The molecule has 1 amide bonds. The average Bonchev–Trinajstić information content (AvgIpc) is 2.56. The maximum Gasteiger partial charge on any atom is 0.411 e. The van der Waals surface area contributed by atoms with E-state index in [1.54, 1.807) is 0 Å². The fraction of sp³-hybridized carbons (Fsp3) is 0.500. The van der Waals surface area contributed by atoms with Gasteiger partial charge in [-0.2, -0.15) is 17.5 Å². The number of alkyl halides is 3. The molecule has 7 nitrogen and oxygen atoms in total. The van der Waals surface area contributed by atoms with Crippen LogP contribution in [0.4, 0.5) is 18.9 Å². The number of hydrogen-bond acceptors (Lipinski definition) is 5. The summed E-state index contributed by atoms with van der Waals surface area (Å²) in [7, 11) is -3.90. The zero-order chi connectivity index (χ0) is 19.4. The summed E-state index contributed by atoms with van der Waals surface area (Å²) in [6.07, 6.45) is -4.54. The van der Waals surface area contributed by atoms with Crippen LogP contribution in [0.3, 0.4) is 0 Å². The van der Waals surface area contributed by atoms with Crippen LogP contribution >= 0.6 is 11.6 Å². The van der Waals surface area contributed by atoms with Gasteiger partial charge in [0.05, 0.1) is 18.2 Å². The van der Waals surface area contributed by atoms with E-state index in [2.05, 4.69) is 10.1 Å². The quantitative estimate of drug-likeness (QED) is 0.765. The van der Waals surface area contributed by atoms with Crippen LogP contribution in [0.5, 0.6) is 0 Å². The van der Waals surface area contributed by atoms with E-state index >= 15 is 0 Å². The highest BCUT2D eigenvalue weighted by Crippen LogP contribution is 2.28. The lowest BCUT2D eigenvalue weighted by Gasteiger charge is -2.26. The first-order valence-corrected chi connectivity index (χ1v) is 9.23. The zero-order valence-corrected chi connectivity index (χ0v) is 15.0. The lowest BCUT2D eigenvalue weighted by Crippen LogP contribution is -2.40. The average molecular weight is 417 g/mol. The lowest BCUT2D eigenvalue weighted by atomic mass is 10.3. The lowest BCUT2D eigenvalue weighted by molar-refractivity contribution is -0.174. The second-order valence-electron chi connectivity index (χ2n) is 5.32. The smallest absolute Gasteiger partial charge is 0.379 e. The number of sulfonamides is 1. The van der Waals surface area contributed by atoms with E-state index in [1.165, 1.54) is 16.4 Å². The summed E-state index contributed by atoms with van der Waals surface area (Å²) in [5.74, 6) is -0.855. The molecule has 1 aromatic carbocycles. The van der Waals surface area contributed by atoms with Crippen LogP contribution in [-0.4, -0.2) is 64.3 Å².